The number of hydrogen-bond acceptors (Lipinski definition) is 3. The van der Waals surface area contributed by atoms with Gasteiger partial charge in [0.2, 0.25) is 0 Å². The summed E-state index contributed by atoms with van der Waals surface area (Å²) in [6.45, 7) is 4.24. The number of anilines is 1. The minimum atomic E-state index is -4.33. The van der Waals surface area contributed by atoms with E-state index in [0.717, 1.165) is 0 Å². The molecule has 0 saturated carbocycles. The second-order valence-electron chi connectivity index (χ2n) is 5.40. The first kappa shape index (κ1) is 16.9. The molecule has 0 aromatic heterocycles. The van der Waals surface area contributed by atoms with Crippen LogP contribution in [0.5, 0.6) is 0 Å². The predicted molar refractivity (Wildman–Crippen MR) is 83.9 cm³/mol. The second kappa shape index (κ2) is 5.96. The van der Waals surface area contributed by atoms with Crippen molar-refractivity contribution in [1.29, 1.82) is 0 Å². The van der Waals surface area contributed by atoms with Gasteiger partial charge in [-0.2, -0.15) is 13.2 Å². The van der Waals surface area contributed by atoms with Crippen molar-refractivity contribution in [3.05, 3.63) is 24.3 Å². The summed E-state index contributed by atoms with van der Waals surface area (Å²) in [6.07, 6.45) is 0. The molecule has 0 unspecified atom stereocenters. The van der Waals surface area contributed by atoms with Gasteiger partial charge in [-0.15, -0.1) is 0 Å². The molecule has 2 amide bonds. The van der Waals surface area contributed by atoms with E-state index in [2.05, 4.69) is 10.6 Å². The monoisotopic (exact) mass is 349 g/mol. The topological polar surface area (TPSA) is 44.4 Å². The lowest BCUT2D eigenvalue weighted by Crippen LogP contribution is -2.37. The number of thioether (sulfide) groups is 1. The highest BCUT2D eigenvalue weighted by Gasteiger charge is 2.35. The number of halogens is 3. The predicted octanol–water partition coefficient (Wildman–Crippen LogP) is 3.80. The van der Waals surface area contributed by atoms with E-state index in [1.54, 1.807) is 0 Å². The SMILES string of the molecule is CC1(C)CN(C(=O)Nc2ccc(SC(F)(F)F)cc2)C(=S)N1. The van der Waals surface area contributed by atoms with Gasteiger partial charge < -0.3 is 10.6 Å². The van der Waals surface area contributed by atoms with Crippen molar-refractivity contribution < 1.29 is 18.0 Å². The number of carbonyl (C=O) groups is 1. The van der Waals surface area contributed by atoms with Crippen LogP contribution in [0.2, 0.25) is 0 Å². The van der Waals surface area contributed by atoms with Crippen LogP contribution in [0.15, 0.2) is 29.2 Å². The molecule has 1 aliphatic heterocycles. The number of alkyl halides is 3. The molecule has 4 nitrogen and oxygen atoms in total. The van der Waals surface area contributed by atoms with Crippen molar-refractivity contribution in [3.8, 4) is 0 Å². The van der Waals surface area contributed by atoms with E-state index < -0.39 is 11.5 Å². The van der Waals surface area contributed by atoms with Gasteiger partial charge in [0.1, 0.15) is 0 Å². The largest absolute Gasteiger partial charge is 0.446 e. The molecular formula is C13H14F3N3OS2. The molecule has 1 heterocycles. The summed E-state index contributed by atoms with van der Waals surface area (Å²) in [4.78, 5) is 13.6. The van der Waals surface area contributed by atoms with E-state index in [1.165, 1.54) is 29.2 Å². The number of carbonyl (C=O) groups excluding carboxylic acids is 1. The Balaban J connectivity index is 1.99. The van der Waals surface area contributed by atoms with E-state index in [4.69, 9.17) is 12.2 Å². The van der Waals surface area contributed by atoms with Gasteiger partial charge in [-0.05, 0) is 62.1 Å². The zero-order chi connectivity index (χ0) is 16.5. The maximum absolute atomic E-state index is 12.2. The number of thiocarbonyl (C=S) groups is 1. The Morgan fingerprint density at radius 1 is 1.36 bits per heavy atom. The first-order valence-corrected chi connectivity index (χ1v) is 7.55. The number of benzene rings is 1. The molecule has 9 heteroatoms. The fraction of sp³-hybridized carbons (Fsp3) is 0.385. The molecule has 0 spiro atoms. The number of nitrogens with one attached hydrogen (secondary N) is 2. The van der Waals surface area contributed by atoms with E-state index in [-0.39, 0.29) is 22.2 Å². The van der Waals surface area contributed by atoms with Gasteiger partial charge in [0.05, 0.1) is 12.1 Å². The Morgan fingerprint density at radius 2 is 1.95 bits per heavy atom. The molecule has 1 aliphatic rings. The molecular weight excluding hydrogens is 335 g/mol. The van der Waals surface area contributed by atoms with Gasteiger partial charge in [0, 0.05) is 10.6 Å². The average molecular weight is 349 g/mol. The van der Waals surface area contributed by atoms with Crippen molar-refractivity contribution in [3.63, 3.8) is 0 Å². The molecule has 0 radical (unpaired) electrons. The third-order valence-electron chi connectivity index (χ3n) is 2.83. The quantitative estimate of drug-likeness (QED) is 0.630. The van der Waals surface area contributed by atoms with Gasteiger partial charge in [-0.25, -0.2) is 4.79 Å². The van der Waals surface area contributed by atoms with Crippen molar-refractivity contribution >= 4 is 40.8 Å². The van der Waals surface area contributed by atoms with Gasteiger partial charge in [0.25, 0.3) is 0 Å². The van der Waals surface area contributed by atoms with Gasteiger partial charge >= 0.3 is 11.5 Å². The van der Waals surface area contributed by atoms with Crippen LogP contribution in [0.3, 0.4) is 0 Å². The lowest BCUT2D eigenvalue weighted by molar-refractivity contribution is -0.0328. The first-order valence-electron chi connectivity index (χ1n) is 6.32. The summed E-state index contributed by atoms with van der Waals surface area (Å²) in [5, 5.41) is 5.95. The Bertz CT molecular complexity index is 587. The first-order chi connectivity index (χ1) is 10.1. The van der Waals surface area contributed by atoms with Crippen molar-refractivity contribution in [2.24, 2.45) is 0 Å². The van der Waals surface area contributed by atoms with Crippen LogP contribution < -0.4 is 10.6 Å². The van der Waals surface area contributed by atoms with Crippen LogP contribution in [0.1, 0.15) is 13.8 Å². The highest BCUT2D eigenvalue weighted by molar-refractivity contribution is 8.00. The van der Waals surface area contributed by atoms with Gasteiger partial charge in [-0.1, -0.05) is 0 Å². The molecule has 1 fully saturated rings. The van der Waals surface area contributed by atoms with Crippen molar-refractivity contribution in [2.75, 3.05) is 11.9 Å². The maximum atomic E-state index is 12.2. The Morgan fingerprint density at radius 3 is 2.41 bits per heavy atom. The van der Waals surface area contributed by atoms with Crippen LogP contribution in [-0.4, -0.2) is 33.6 Å². The minimum Gasteiger partial charge on any atom is -0.355 e. The number of hydrogen-bond donors (Lipinski definition) is 2. The molecule has 1 aromatic rings. The minimum absolute atomic E-state index is 0.0602. The normalized spacial score (nSPS) is 17.3. The lowest BCUT2D eigenvalue weighted by Gasteiger charge is -2.18. The van der Waals surface area contributed by atoms with Crippen molar-refractivity contribution in [2.45, 2.75) is 29.8 Å². The summed E-state index contributed by atoms with van der Waals surface area (Å²) in [5.74, 6) is 0. The van der Waals surface area contributed by atoms with Gasteiger partial charge in [-0.3, -0.25) is 4.90 Å². The van der Waals surface area contributed by atoms with Crippen LogP contribution in [0.25, 0.3) is 0 Å². The second-order valence-corrected chi connectivity index (χ2v) is 6.93. The van der Waals surface area contributed by atoms with Crippen LogP contribution in [0, 0.1) is 0 Å². The molecule has 120 valence electrons. The number of rotatable bonds is 2. The van der Waals surface area contributed by atoms with Gasteiger partial charge in [0.15, 0.2) is 5.11 Å². The Hall–Kier alpha value is -1.48. The smallest absolute Gasteiger partial charge is 0.355 e. The molecule has 0 atom stereocenters. The molecule has 0 bridgehead atoms. The maximum Gasteiger partial charge on any atom is 0.446 e. The summed E-state index contributed by atoms with van der Waals surface area (Å²) < 4.78 is 36.7. The number of amides is 2. The van der Waals surface area contributed by atoms with E-state index in [1.807, 2.05) is 13.8 Å². The average Bonchev–Trinajstić information content (AvgIpc) is 2.63. The van der Waals surface area contributed by atoms with Crippen LogP contribution in [-0.2, 0) is 0 Å². The fourth-order valence-electron chi connectivity index (χ4n) is 1.96. The molecule has 22 heavy (non-hydrogen) atoms. The summed E-state index contributed by atoms with van der Waals surface area (Å²) in [6, 6.07) is 5.03. The number of urea groups is 1. The van der Waals surface area contributed by atoms with E-state index in [9.17, 15) is 18.0 Å². The van der Waals surface area contributed by atoms with Crippen molar-refractivity contribution in [1.82, 2.24) is 10.2 Å². The highest BCUT2D eigenvalue weighted by atomic mass is 32.2. The summed E-state index contributed by atoms with van der Waals surface area (Å²) >= 11 is 4.89. The van der Waals surface area contributed by atoms with Crippen LogP contribution in [0.4, 0.5) is 23.7 Å². The third kappa shape index (κ3) is 4.51. The zero-order valence-electron chi connectivity index (χ0n) is 11.8. The molecule has 1 aromatic carbocycles. The fourth-order valence-corrected chi connectivity index (χ4v) is 2.92. The lowest BCUT2D eigenvalue weighted by atomic mass is 10.1. The van der Waals surface area contributed by atoms with E-state index >= 15 is 0 Å². The standard InChI is InChI=1S/C13H14F3N3OS2/c1-12(2)7-19(11(21)18-12)10(20)17-8-3-5-9(6-4-8)22-13(14,15)16/h3-6H,7H2,1-2H3,(H,17,20)(H,18,21). The summed E-state index contributed by atoms with van der Waals surface area (Å²) in [7, 11) is 0. The zero-order valence-corrected chi connectivity index (χ0v) is 13.5. The highest BCUT2D eigenvalue weighted by Crippen LogP contribution is 2.37. The Labute approximate surface area is 135 Å². The molecule has 1 saturated heterocycles. The molecule has 0 aliphatic carbocycles. The molecule has 2 rings (SSSR count). The Kier molecular flexibility index (Phi) is 4.57. The summed E-state index contributed by atoms with van der Waals surface area (Å²) in [5.41, 5.74) is -4.23. The van der Waals surface area contributed by atoms with Crippen LogP contribution >= 0.6 is 24.0 Å². The van der Waals surface area contributed by atoms with E-state index in [0.29, 0.717) is 17.3 Å². The molecule has 2 N–H and O–H groups in total. The third-order valence-corrected chi connectivity index (χ3v) is 3.89. The number of nitrogens with zero attached hydrogens (tertiary/aromatic N) is 1.